The van der Waals surface area contributed by atoms with E-state index >= 15 is 0 Å². The summed E-state index contributed by atoms with van der Waals surface area (Å²) in [6.07, 6.45) is -2.95. The van der Waals surface area contributed by atoms with Gasteiger partial charge in [0.2, 0.25) is 9.58 Å². The maximum Gasteiger partial charge on any atom is 0.351 e. The van der Waals surface area contributed by atoms with Crippen molar-refractivity contribution in [2.75, 3.05) is 23.9 Å². The third kappa shape index (κ3) is 3.73. The van der Waals surface area contributed by atoms with Crippen LogP contribution in [0.15, 0.2) is 35.3 Å². The Morgan fingerprint density at radius 2 is 2.16 bits per heavy atom. The number of likely N-dealkylation sites (N-methyl/N-ethyl adjacent to an activating group) is 1. The fourth-order valence-electron chi connectivity index (χ4n) is 3.58. The number of rotatable bonds is 4. The van der Waals surface area contributed by atoms with Gasteiger partial charge in [-0.15, -0.1) is 0 Å². The number of aromatic nitrogens is 2. The first-order valence-electron chi connectivity index (χ1n) is 9.25. The molecule has 2 aliphatic rings. The molecular formula is C19H18FIN4O6. The summed E-state index contributed by atoms with van der Waals surface area (Å²) in [7, 11) is 1.66. The molecule has 0 spiro atoms. The lowest BCUT2D eigenvalue weighted by molar-refractivity contribution is -0.117. The summed E-state index contributed by atoms with van der Waals surface area (Å²) >= 11 is 1.33. The predicted molar refractivity (Wildman–Crippen MR) is 115 cm³/mol. The first kappa shape index (κ1) is 21.8. The average molecular weight is 544 g/mol. The lowest BCUT2D eigenvalue weighted by atomic mass is 10.1. The van der Waals surface area contributed by atoms with Crippen LogP contribution in [0.3, 0.4) is 0 Å². The molecule has 1 aromatic carbocycles. The Kier molecular flexibility index (Phi) is 5.57. The lowest BCUT2D eigenvalue weighted by Crippen LogP contribution is -2.40. The number of amides is 2. The largest absolute Gasteiger partial charge is 0.394 e. The zero-order valence-electron chi connectivity index (χ0n) is 16.2. The summed E-state index contributed by atoms with van der Waals surface area (Å²) in [5.41, 5.74) is 0.834. The third-order valence-corrected chi connectivity index (χ3v) is 6.47. The summed E-state index contributed by atoms with van der Waals surface area (Å²) in [5.74, 6) is -0.661. The van der Waals surface area contributed by atoms with Crippen molar-refractivity contribution in [1.29, 1.82) is 0 Å². The molecule has 4 atom stereocenters. The third-order valence-electron chi connectivity index (χ3n) is 5.30. The fourth-order valence-corrected chi connectivity index (χ4v) is 4.43. The number of alkyl halides is 2. The van der Waals surface area contributed by atoms with Crippen LogP contribution in [0.25, 0.3) is 0 Å². The number of benzene rings is 1. The minimum Gasteiger partial charge on any atom is -0.394 e. The van der Waals surface area contributed by atoms with E-state index in [1.807, 2.05) is 0 Å². The summed E-state index contributed by atoms with van der Waals surface area (Å²) < 4.78 is 18.6. The van der Waals surface area contributed by atoms with Crippen molar-refractivity contribution in [2.24, 2.45) is 0 Å². The van der Waals surface area contributed by atoms with Crippen LogP contribution in [-0.4, -0.2) is 61.1 Å². The van der Waals surface area contributed by atoms with Gasteiger partial charge in [-0.1, -0.05) is 0 Å². The summed E-state index contributed by atoms with van der Waals surface area (Å²) in [6.45, 7) is -0.620. The minimum atomic E-state index is -2.36. The van der Waals surface area contributed by atoms with Gasteiger partial charge in [-0.05, 0) is 52.4 Å². The van der Waals surface area contributed by atoms with E-state index in [1.165, 1.54) is 39.8 Å². The number of ether oxygens (including phenoxy) is 1. The fraction of sp³-hybridized carbons (Fsp3) is 0.368. The highest BCUT2D eigenvalue weighted by molar-refractivity contribution is 14.1. The van der Waals surface area contributed by atoms with Crippen molar-refractivity contribution in [2.45, 2.75) is 28.5 Å². The molecule has 3 N–H and O–H groups in total. The molecule has 2 amide bonds. The molecule has 10 nitrogen and oxygen atoms in total. The Morgan fingerprint density at radius 1 is 1.42 bits per heavy atom. The van der Waals surface area contributed by atoms with E-state index in [1.54, 1.807) is 25.2 Å². The van der Waals surface area contributed by atoms with Crippen molar-refractivity contribution < 1.29 is 28.9 Å². The topological polar surface area (TPSA) is 134 Å². The molecule has 0 saturated carbocycles. The molecule has 1 fully saturated rings. The second-order valence-corrected chi connectivity index (χ2v) is 8.91. The Morgan fingerprint density at radius 3 is 2.81 bits per heavy atom. The second kappa shape index (κ2) is 7.93. The molecule has 12 heteroatoms. The first-order chi connectivity index (χ1) is 14.6. The van der Waals surface area contributed by atoms with Gasteiger partial charge in [0.1, 0.15) is 18.0 Å². The van der Waals surface area contributed by atoms with Gasteiger partial charge < -0.3 is 25.2 Å². The van der Waals surface area contributed by atoms with E-state index in [0.29, 0.717) is 0 Å². The van der Waals surface area contributed by atoms with Gasteiger partial charge >= 0.3 is 5.69 Å². The zero-order chi connectivity index (χ0) is 22.5. The van der Waals surface area contributed by atoms with Crippen LogP contribution < -0.4 is 15.9 Å². The van der Waals surface area contributed by atoms with Crippen molar-refractivity contribution in [1.82, 2.24) is 9.55 Å². The monoisotopic (exact) mass is 544 g/mol. The molecule has 3 heterocycles. The van der Waals surface area contributed by atoms with E-state index in [2.05, 4.69) is 10.3 Å². The molecule has 1 aromatic heterocycles. The van der Waals surface area contributed by atoms with Crippen LogP contribution in [0.5, 0.6) is 0 Å². The molecular weight excluding hydrogens is 526 g/mol. The molecule has 2 aliphatic heterocycles. The molecule has 2 aromatic rings. The highest BCUT2D eigenvalue weighted by Gasteiger charge is 2.56. The van der Waals surface area contributed by atoms with Crippen molar-refractivity contribution in [3.63, 3.8) is 0 Å². The Bertz CT molecular complexity index is 1120. The summed E-state index contributed by atoms with van der Waals surface area (Å²) in [5, 5.41) is 21.7. The van der Waals surface area contributed by atoms with Gasteiger partial charge in [-0.2, -0.15) is 4.98 Å². The maximum absolute atomic E-state index is 14.9. The quantitative estimate of drug-likeness (QED) is 0.374. The lowest BCUT2D eigenvalue weighted by Gasteiger charge is -2.23. The zero-order valence-corrected chi connectivity index (χ0v) is 18.3. The van der Waals surface area contributed by atoms with Crippen molar-refractivity contribution >= 4 is 45.9 Å². The van der Waals surface area contributed by atoms with E-state index < -0.39 is 40.3 Å². The van der Waals surface area contributed by atoms with E-state index in [0.717, 1.165) is 15.8 Å². The molecule has 0 bridgehead atoms. The number of hydrogen-bond acceptors (Lipinski definition) is 7. The Balaban J connectivity index is 1.53. The van der Waals surface area contributed by atoms with Crippen molar-refractivity contribution in [3.05, 3.63) is 52.1 Å². The molecule has 4 rings (SSSR count). The number of aliphatic hydroxyl groups excluding tert-OH is 2. The number of carbonyl (C=O) groups is 2. The number of nitrogens with one attached hydrogen (secondary N) is 1. The minimum absolute atomic E-state index is 0.0601. The normalized spacial score (nSPS) is 27.5. The highest BCUT2D eigenvalue weighted by atomic mass is 127. The van der Waals surface area contributed by atoms with Gasteiger partial charge in [0.25, 0.3) is 5.91 Å². The number of carbonyl (C=O) groups excluding carboxylic acids is 2. The predicted octanol–water partition coefficient (Wildman–Crippen LogP) is 0.366. The molecule has 164 valence electrons. The van der Waals surface area contributed by atoms with E-state index in [-0.39, 0.29) is 23.7 Å². The number of aliphatic hydroxyl groups is 2. The number of halogens is 2. The maximum atomic E-state index is 14.9. The van der Waals surface area contributed by atoms with Crippen molar-refractivity contribution in [3.8, 4) is 0 Å². The Labute approximate surface area is 188 Å². The number of fused-ring (bicyclic) bond motifs is 1. The van der Waals surface area contributed by atoms with Gasteiger partial charge in [0, 0.05) is 24.5 Å². The molecule has 31 heavy (non-hydrogen) atoms. The second-order valence-electron chi connectivity index (χ2n) is 7.26. The first-order valence-corrected chi connectivity index (χ1v) is 10.3. The Hall–Kier alpha value is -2.42. The average Bonchev–Trinajstić information content (AvgIpc) is 3.14. The van der Waals surface area contributed by atoms with Gasteiger partial charge in [-0.25, -0.2) is 9.18 Å². The van der Waals surface area contributed by atoms with Crippen LogP contribution >= 0.6 is 22.6 Å². The number of anilines is 2. The molecule has 0 aliphatic carbocycles. The van der Waals surface area contributed by atoms with E-state index in [9.17, 15) is 29.0 Å². The highest BCUT2D eigenvalue weighted by Crippen LogP contribution is 2.45. The molecule has 1 saturated heterocycles. The standard InChI is InChI=1S/C19H18FIN4O6/c1-24-11-3-2-9(6-10(11)7-14(24)27)16(29)22-13-4-5-25(18(30)23-13)17-19(20,21)15(28)12(8-26)31-17/h2-6,12,15,17,26,28H,7-8H2,1H3,(H,22,23,29,30)/t12-,15-,17?,19?/m1/s1. The number of nitrogens with zero attached hydrogens (tertiary/aromatic N) is 3. The summed E-state index contributed by atoms with van der Waals surface area (Å²) in [4.78, 5) is 42.0. The molecule has 2 unspecified atom stereocenters. The van der Waals surface area contributed by atoms with Gasteiger partial charge in [-0.3, -0.25) is 14.2 Å². The molecule has 0 radical (unpaired) electrons. The van der Waals surface area contributed by atoms with Gasteiger partial charge in [0.05, 0.1) is 13.0 Å². The van der Waals surface area contributed by atoms with Crippen LogP contribution in [0.4, 0.5) is 15.9 Å². The smallest absolute Gasteiger partial charge is 0.351 e. The van der Waals surface area contributed by atoms with Crippen LogP contribution in [0, 0.1) is 0 Å². The van der Waals surface area contributed by atoms with Crippen LogP contribution in [0.2, 0.25) is 0 Å². The van der Waals surface area contributed by atoms with E-state index in [4.69, 9.17) is 4.74 Å². The van der Waals surface area contributed by atoms with Crippen LogP contribution in [-0.2, 0) is 16.0 Å². The SMILES string of the molecule is CN1C(=O)Cc2cc(C(=O)Nc3ccn(C4O[C@H](CO)[C@@H](O)C4(F)I)c(=O)n3)ccc21. The van der Waals surface area contributed by atoms with Gasteiger partial charge in [0.15, 0.2) is 6.23 Å². The summed E-state index contributed by atoms with van der Waals surface area (Å²) in [6, 6.07) is 6.12. The number of hydrogen-bond donors (Lipinski definition) is 3. The van der Waals surface area contributed by atoms with Crippen LogP contribution in [0.1, 0.15) is 22.1 Å².